The zero-order valence-corrected chi connectivity index (χ0v) is 26.8. The Morgan fingerprint density at radius 3 is 1.39 bits per heavy atom. The number of aliphatic hydroxyl groups excluding tert-OH is 2. The zero-order chi connectivity index (χ0) is 32.6. The monoisotopic (exact) mass is 668 g/mol. The van der Waals surface area contributed by atoms with Crippen molar-refractivity contribution in [1.82, 2.24) is 29.7 Å². The second kappa shape index (κ2) is 13.0. The van der Waals surface area contributed by atoms with Crippen molar-refractivity contribution < 1.29 is 29.9 Å². The van der Waals surface area contributed by atoms with Gasteiger partial charge in [0.2, 0.25) is 11.8 Å². The van der Waals surface area contributed by atoms with Crippen molar-refractivity contribution >= 4 is 23.2 Å². The second-order valence-corrected chi connectivity index (χ2v) is 12.6. The maximum absolute atomic E-state index is 10.1. The van der Waals surface area contributed by atoms with Crippen LogP contribution >= 0.6 is 23.2 Å². The summed E-state index contributed by atoms with van der Waals surface area (Å²) in [5.74, 6) is 0.681. The minimum absolute atomic E-state index is 0.293. The number of β-amino-alcohol motifs (C(OH)–C–C–N with tert-alkyl or cyclic N) is 2. The van der Waals surface area contributed by atoms with Crippen LogP contribution in [0.2, 0.25) is 10.0 Å². The standard InChI is InChI=1S/C32H34Cl2N6O6/c1-45-29-25(11-39-13-31(43,14-39)17-41)35-9-23(37-29)21-7-3-5-19(27(21)33)20-6-4-8-22(28(20)34)24-10-36-26(30(38-24)46-2)12-40-15-32(44,16-40)18-42/h3-10,41-44H,11-18H2,1-2H3. The van der Waals surface area contributed by atoms with Gasteiger partial charge in [-0.3, -0.25) is 19.8 Å². The third kappa shape index (κ3) is 6.27. The van der Waals surface area contributed by atoms with Gasteiger partial charge < -0.3 is 29.9 Å². The fourth-order valence-corrected chi connectivity index (χ4v) is 6.54. The first-order chi connectivity index (χ1) is 22.1. The molecule has 2 fully saturated rings. The minimum atomic E-state index is -1.08. The molecular weight excluding hydrogens is 635 g/mol. The molecule has 0 radical (unpaired) electrons. The molecule has 0 spiro atoms. The molecule has 2 saturated heterocycles. The van der Waals surface area contributed by atoms with Crippen molar-refractivity contribution in [3.8, 4) is 45.4 Å². The topological polar surface area (TPSA) is 157 Å². The molecule has 4 aromatic rings. The Hall–Kier alpha value is -3.46. The van der Waals surface area contributed by atoms with Gasteiger partial charge >= 0.3 is 0 Å². The molecule has 6 rings (SSSR count). The number of likely N-dealkylation sites (tertiary alicyclic amines) is 2. The summed E-state index contributed by atoms with van der Waals surface area (Å²) in [4.78, 5) is 22.4. The number of aliphatic hydroxyl groups is 4. The molecule has 2 aliphatic heterocycles. The highest BCUT2D eigenvalue weighted by atomic mass is 35.5. The SMILES string of the molecule is COc1nc(-c2cccc(-c3cccc(-c4cnc(CN5CC(O)(CO)C5)c(OC)n4)c3Cl)c2Cl)cnc1CN1CC(O)(CO)C1. The van der Waals surface area contributed by atoms with Crippen molar-refractivity contribution in [2.75, 3.05) is 53.6 Å². The highest BCUT2D eigenvalue weighted by Crippen LogP contribution is 2.42. The van der Waals surface area contributed by atoms with E-state index >= 15 is 0 Å². The number of hydrogen-bond donors (Lipinski definition) is 4. The van der Waals surface area contributed by atoms with Crippen LogP contribution in [0.15, 0.2) is 48.8 Å². The van der Waals surface area contributed by atoms with E-state index in [0.29, 0.717) is 106 Å². The smallest absolute Gasteiger partial charge is 0.237 e. The van der Waals surface area contributed by atoms with Gasteiger partial charge in [-0.1, -0.05) is 59.6 Å². The summed E-state index contributed by atoms with van der Waals surface area (Å²) in [5, 5.41) is 39.8. The number of ether oxygens (including phenoxy) is 2. The number of aromatic nitrogens is 4. The minimum Gasteiger partial charge on any atom is -0.480 e. The number of halogens is 2. The Bertz CT molecular complexity index is 1620. The molecule has 14 heteroatoms. The van der Waals surface area contributed by atoms with Gasteiger partial charge in [-0.25, -0.2) is 9.97 Å². The van der Waals surface area contributed by atoms with Crippen LogP contribution in [0.1, 0.15) is 11.4 Å². The van der Waals surface area contributed by atoms with Crippen molar-refractivity contribution in [3.63, 3.8) is 0 Å². The van der Waals surface area contributed by atoms with Crippen LogP contribution in [-0.4, -0.2) is 115 Å². The summed E-state index contributed by atoms with van der Waals surface area (Å²) in [5.41, 5.74) is 2.72. The molecular formula is C32H34Cl2N6O6. The third-order valence-electron chi connectivity index (χ3n) is 8.26. The molecule has 2 aliphatic rings. The molecule has 0 bridgehead atoms. The van der Waals surface area contributed by atoms with Crippen molar-refractivity contribution in [1.29, 1.82) is 0 Å². The maximum atomic E-state index is 10.1. The van der Waals surface area contributed by atoms with Crippen molar-refractivity contribution in [2.24, 2.45) is 0 Å². The molecule has 0 saturated carbocycles. The summed E-state index contributed by atoms with van der Waals surface area (Å²) < 4.78 is 11.1. The lowest BCUT2D eigenvalue weighted by atomic mass is 9.95. The fourth-order valence-electron chi connectivity index (χ4n) is 5.89. The largest absolute Gasteiger partial charge is 0.480 e. The van der Waals surface area contributed by atoms with Crippen LogP contribution in [-0.2, 0) is 13.1 Å². The van der Waals surface area contributed by atoms with Gasteiger partial charge in [-0.15, -0.1) is 0 Å². The van der Waals surface area contributed by atoms with Crippen molar-refractivity contribution in [3.05, 3.63) is 70.2 Å². The predicted octanol–water partition coefficient (Wildman–Crippen LogP) is 2.67. The number of rotatable bonds is 11. The van der Waals surface area contributed by atoms with Crippen LogP contribution in [0.3, 0.4) is 0 Å². The average Bonchev–Trinajstić information content (AvgIpc) is 3.04. The molecule has 242 valence electrons. The summed E-state index contributed by atoms with van der Waals surface area (Å²) in [7, 11) is 3.04. The molecule has 2 aromatic heterocycles. The van der Waals surface area contributed by atoms with Crippen LogP contribution in [0.4, 0.5) is 0 Å². The van der Waals surface area contributed by atoms with Gasteiger partial charge in [0.05, 0.1) is 61.3 Å². The molecule has 46 heavy (non-hydrogen) atoms. The Balaban J connectivity index is 1.26. The lowest BCUT2D eigenvalue weighted by molar-refractivity contribution is -0.129. The van der Waals surface area contributed by atoms with Crippen molar-refractivity contribution in [2.45, 2.75) is 24.3 Å². The van der Waals surface area contributed by atoms with E-state index in [-0.39, 0.29) is 13.2 Å². The second-order valence-electron chi connectivity index (χ2n) is 11.8. The molecule has 4 heterocycles. The molecule has 12 nitrogen and oxygen atoms in total. The number of nitrogens with zero attached hydrogens (tertiary/aromatic N) is 6. The van der Waals surface area contributed by atoms with E-state index in [4.69, 9.17) is 32.7 Å². The first-order valence-corrected chi connectivity index (χ1v) is 15.3. The van der Waals surface area contributed by atoms with E-state index in [1.165, 1.54) is 14.2 Å². The van der Waals surface area contributed by atoms with Gasteiger partial charge in [0.15, 0.2) is 0 Å². The lowest BCUT2D eigenvalue weighted by Gasteiger charge is -2.45. The Morgan fingerprint density at radius 2 is 1.04 bits per heavy atom. The van der Waals surface area contributed by atoms with E-state index in [0.717, 1.165) is 0 Å². The van der Waals surface area contributed by atoms with Crippen LogP contribution < -0.4 is 9.47 Å². The summed E-state index contributed by atoms with van der Waals surface area (Å²) in [6.07, 6.45) is 3.26. The van der Waals surface area contributed by atoms with E-state index in [2.05, 4.69) is 19.9 Å². The third-order valence-corrected chi connectivity index (χ3v) is 9.07. The van der Waals surface area contributed by atoms with Gasteiger partial charge in [0, 0.05) is 61.5 Å². The first-order valence-electron chi connectivity index (χ1n) is 14.6. The summed E-state index contributed by atoms with van der Waals surface area (Å²) in [6.45, 7) is 1.58. The molecule has 0 atom stereocenters. The highest BCUT2D eigenvalue weighted by Gasteiger charge is 2.41. The summed E-state index contributed by atoms with van der Waals surface area (Å²) in [6, 6.07) is 11.2. The van der Waals surface area contributed by atoms with E-state index in [9.17, 15) is 20.4 Å². The Labute approximate surface area is 275 Å². The Kier molecular flexibility index (Phi) is 9.16. The molecule has 0 unspecified atom stereocenters. The first kappa shape index (κ1) is 32.5. The van der Waals surface area contributed by atoms with Crippen LogP contribution in [0, 0.1) is 0 Å². The predicted molar refractivity (Wildman–Crippen MR) is 172 cm³/mol. The van der Waals surface area contributed by atoms with Gasteiger partial charge in [0.25, 0.3) is 0 Å². The maximum Gasteiger partial charge on any atom is 0.237 e. The van der Waals surface area contributed by atoms with Gasteiger partial charge in [-0.2, -0.15) is 0 Å². The van der Waals surface area contributed by atoms with Gasteiger partial charge in [-0.05, 0) is 0 Å². The quantitative estimate of drug-likeness (QED) is 0.186. The molecule has 2 aromatic carbocycles. The van der Waals surface area contributed by atoms with E-state index in [1.54, 1.807) is 12.4 Å². The molecule has 4 N–H and O–H groups in total. The Morgan fingerprint density at radius 1 is 0.674 bits per heavy atom. The summed E-state index contributed by atoms with van der Waals surface area (Å²) >= 11 is 14.0. The van der Waals surface area contributed by atoms with E-state index in [1.807, 2.05) is 46.2 Å². The normalized spacial score (nSPS) is 17.3. The number of methoxy groups -OCH3 is 2. The zero-order valence-electron chi connectivity index (χ0n) is 25.3. The van der Waals surface area contributed by atoms with Crippen LogP contribution in [0.5, 0.6) is 11.8 Å². The number of hydrogen-bond acceptors (Lipinski definition) is 12. The molecule has 0 aliphatic carbocycles. The average molecular weight is 670 g/mol. The van der Waals surface area contributed by atoms with E-state index < -0.39 is 11.2 Å². The highest BCUT2D eigenvalue weighted by molar-refractivity contribution is 6.39. The fraction of sp³-hybridized carbons (Fsp3) is 0.375. The molecule has 0 amide bonds. The van der Waals surface area contributed by atoms with Crippen LogP contribution in [0.25, 0.3) is 33.6 Å². The van der Waals surface area contributed by atoms with Gasteiger partial charge in [0.1, 0.15) is 22.6 Å². The lowest BCUT2D eigenvalue weighted by Crippen LogP contribution is -2.63. The number of benzene rings is 2.